The van der Waals surface area contributed by atoms with Gasteiger partial charge in [-0.05, 0) is 0 Å². The van der Waals surface area contributed by atoms with Gasteiger partial charge in [-0.25, -0.2) is 0 Å². The minimum Gasteiger partial charge on any atom is -0.388 e. The number of hydrogen-bond acceptors (Lipinski definition) is 4. The first-order valence-corrected chi connectivity index (χ1v) is 2.90. The highest BCUT2D eigenvalue weighted by atomic mass is 32.2. The summed E-state index contributed by atoms with van der Waals surface area (Å²) in [6, 6.07) is 0. The fraction of sp³-hybridized carbons (Fsp3) is 0.333. The molecule has 0 aliphatic carbocycles. The van der Waals surface area contributed by atoms with Gasteiger partial charge in [-0.1, -0.05) is 0 Å². The van der Waals surface area contributed by atoms with Crippen LogP contribution in [0.5, 0.6) is 0 Å². The molecule has 1 atom stereocenters. The summed E-state index contributed by atoms with van der Waals surface area (Å²) in [5.41, 5.74) is 0. The summed E-state index contributed by atoms with van der Waals surface area (Å²) in [6.07, 6.45) is 1.12. The molecule has 0 fully saturated rings. The number of rotatable bonds is 1. The Balaban J connectivity index is 2.49. The van der Waals surface area contributed by atoms with Gasteiger partial charge in [0.05, 0.1) is 0 Å². The Kier molecular flexibility index (Phi) is 1.50. The van der Waals surface area contributed by atoms with Gasteiger partial charge in [0, 0.05) is 0 Å². The second-order valence-corrected chi connectivity index (χ2v) is 1.89. The Hall–Kier alpha value is -0.550. The molecular formula is C3H4O4S. The van der Waals surface area contributed by atoms with E-state index in [0.29, 0.717) is 0 Å². The van der Waals surface area contributed by atoms with Gasteiger partial charge in [0.2, 0.25) is 0 Å². The molecule has 1 N–H and O–H groups in total. The van der Waals surface area contributed by atoms with Gasteiger partial charge in [0.15, 0.2) is 5.76 Å². The van der Waals surface area contributed by atoms with Crippen LogP contribution in [-0.2, 0) is 19.7 Å². The standard InChI is InChI=1S/C3H4O4S/c4-1-3-2-6-8(5)7-3/h2,4H,1H2. The summed E-state index contributed by atoms with van der Waals surface area (Å²) < 4.78 is 18.8. The zero-order valence-electron chi connectivity index (χ0n) is 3.86. The third kappa shape index (κ3) is 0.988. The van der Waals surface area contributed by atoms with Crippen molar-refractivity contribution in [3.63, 3.8) is 0 Å². The van der Waals surface area contributed by atoms with Crippen molar-refractivity contribution < 1.29 is 17.7 Å². The van der Waals surface area contributed by atoms with Crippen molar-refractivity contribution in [3.05, 3.63) is 12.0 Å². The van der Waals surface area contributed by atoms with E-state index < -0.39 is 11.4 Å². The summed E-state index contributed by atoms with van der Waals surface area (Å²) >= 11 is -1.71. The quantitative estimate of drug-likeness (QED) is 0.525. The van der Waals surface area contributed by atoms with Crippen molar-refractivity contribution in [2.24, 2.45) is 0 Å². The van der Waals surface area contributed by atoms with Crippen LogP contribution < -0.4 is 0 Å². The van der Waals surface area contributed by atoms with Gasteiger partial charge >= 0.3 is 11.4 Å². The molecule has 0 amide bonds. The fourth-order valence-corrected chi connectivity index (χ4v) is 0.775. The maximum Gasteiger partial charge on any atom is 0.417 e. The lowest BCUT2D eigenvalue weighted by atomic mass is 10.6. The summed E-state index contributed by atoms with van der Waals surface area (Å²) in [7, 11) is 0. The highest BCUT2D eigenvalue weighted by Gasteiger charge is 2.12. The highest BCUT2D eigenvalue weighted by Crippen LogP contribution is 2.09. The topological polar surface area (TPSA) is 55.8 Å². The lowest BCUT2D eigenvalue weighted by molar-refractivity contribution is 0.276. The molecule has 1 aliphatic rings. The minimum absolute atomic E-state index is 0.198. The lowest BCUT2D eigenvalue weighted by Gasteiger charge is -1.88. The lowest BCUT2D eigenvalue weighted by Crippen LogP contribution is -1.91. The minimum atomic E-state index is -1.71. The van der Waals surface area contributed by atoms with Gasteiger partial charge in [0.25, 0.3) is 0 Å². The van der Waals surface area contributed by atoms with E-state index >= 15 is 0 Å². The van der Waals surface area contributed by atoms with Crippen LogP contribution >= 0.6 is 0 Å². The van der Waals surface area contributed by atoms with E-state index in [1.165, 1.54) is 0 Å². The maximum atomic E-state index is 10.1. The molecule has 0 aromatic carbocycles. The second-order valence-electron chi connectivity index (χ2n) is 1.13. The van der Waals surface area contributed by atoms with E-state index in [-0.39, 0.29) is 12.4 Å². The highest BCUT2D eigenvalue weighted by molar-refractivity contribution is 7.75. The van der Waals surface area contributed by atoms with Crippen LogP contribution in [0, 0.1) is 0 Å². The summed E-state index contributed by atoms with van der Waals surface area (Å²) in [5.74, 6) is 0.198. The first kappa shape index (κ1) is 5.58. The monoisotopic (exact) mass is 136 g/mol. The summed E-state index contributed by atoms with van der Waals surface area (Å²) in [6.45, 7) is -0.272. The number of aliphatic hydroxyl groups is 1. The van der Waals surface area contributed by atoms with Gasteiger partial charge in [-0.2, -0.15) is 4.21 Å². The number of hydrogen-bond donors (Lipinski definition) is 1. The average Bonchev–Trinajstić information content (AvgIpc) is 2.14. The second kappa shape index (κ2) is 2.15. The molecule has 5 heteroatoms. The molecule has 0 spiro atoms. The van der Waals surface area contributed by atoms with Crippen LogP contribution in [0.25, 0.3) is 0 Å². The van der Waals surface area contributed by atoms with Gasteiger partial charge < -0.3 is 13.5 Å². The van der Waals surface area contributed by atoms with Crippen molar-refractivity contribution in [1.29, 1.82) is 0 Å². The maximum absolute atomic E-state index is 10.1. The molecule has 0 aromatic heterocycles. The van der Waals surface area contributed by atoms with Crippen LogP contribution in [0.2, 0.25) is 0 Å². The van der Waals surface area contributed by atoms with Gasteiger partial charge in [-0.15, -0.1) is 0 Å². The molecule has 1 aliphatic heterocycles. The van der Waals surface area contributed by atoms with E-state index in [2.05, 4.69) is 8.37 Å². The SMILES string of the molecule is O=S1OC=C(CO)O1. The predicted octanol–water partition coefficient (Wildman–Crippen LogP) is -0.554. The van der Waals surface area contributed by atoms with Crippen LogP contribution in [0.4, 0.5) is 0 Å². The molecule has 0 radical (unpaired) electrons. The van der Waals surface area contributed by atoms with Gasteiger partial charge in [-0.3, -0.25) is 0 Å². The van der Waals surface area contributed by atoms with E-state index in [4.69, 9.17) is 5.11 Å². The van der Waals surface area contributed by atoms with Crippen molar-refractivity contribution in [2.75, 3.05) is 6.61 Å². The molecule has 1 rings (SSSR count). The third-order valence-electron chi connectivity index (χ3n) is 0.589. The van der Waals surface area contributed by atoms with Gasteiger partial charge in [0.1, 0.15) is 12.9 Å². The zero-order valence-corrected chi connectivity index (χ0v) is 4.68. The molecule has 0 saturated carbocycles. The molecule has 1 unspecified atom stereocenters. The Labute approximate surface area is 48.6 Å². The smallest absolute Gasteiger partial charge is 0.388 e. The number of aliphatic hydroxyl groups excluding tert-OH is 1. The fourth-order valence-electron chi connectivity index (χ4n) is 0.283. The van der Waals surface area contributed by atoms with E-state index in [1.807, 2.05) is 0 Å². The van der Waals surface area contributed by atoms with Crippen molar-refractivity contribution in [3.8, 4) is 0 Å². The molecule has 1 heterocycles. The largest absolute Gasteiger partial charge is 0.417 e. The van der Waals surface area contributed by atoms with E-state index in [9.17, 15) is 4.21 Å². The average molecular weight is 136 g/mol. The van der Waals surface area contributed by atoms with Crippen LogP contribution in [-0.4, -0.2) is 15.9 Å². The molecule has 0 aromatic rings. The molecule has 0 saturated heterocycles. The van der Waals surface area contributed by atoms with Crippen molar-refractivity contribution >= 4 is 11.4 Å². The van der Waals surface area contributed by atoms with E-state index in [0.717, 1.165) is 6.26 Å². The third-order valence-corrected chi connectivity index (χ3v) is 1.19. The first-order chi connectivity index (χ1) is 3.83. The van der Waals surface area contributed by atoms with Crippen molar-refractivity contribution in [2.45, 2.75) is 0 Å². The molecule has 46 valence electrons. The molecule has 8 heavy (non-hydrogen) atoms. The predicted molar refractivity (Wildman–Crippen MR) is 25.5 cm³/mol. The summed E-state index contributed by atoms with van der Waals surface area (Å²) in [4.78, 5) is 0. The zero-order chi connectivity index (χ0) is 5.98. The van der Waals surface area contributed by atoms with Crippen molar-refractivity contribution in [1.82, 2.24) is 0 Å². The summed E-state index contributed by atoms with van der Waals surface area (Å²) in [5, 5.41) is 8.28. The Morgan fingerprint density at radius 2 is 2.62 bits per heavy atom. The molecule has 0 bridgehead atoms. The Morgan fingerprint density at radius 1 is 1.88 bits per heavy atom. The first-order valence-electron chi connectivity index (χ1n) is 1.90. The Morgan fingerprint density at radius 3 is 2.88 bits per heavy atom. The van der Waals surface area contributed by atoms with Crippen LogP contribution in [0.15, 0.2) is 12.0 Å². The normalized spacial score (nSPS) is 26.1. The van der Waals surface area contributed by atoms with Crippen LogP contribution in [0.3, 0.4) is 0 Å². The molecule has 4 nitrogen and oxygen atoms in total. The molecular weight excluding hydrogens is 132 g/mol. The van der Waals surface area contributed by atoms with Crippen LogP contribution in [0.1, 0.15) is 0 Å². The Bertz CT molecular complexity index is 140. The van der Waals surface area contributed by atoms with E-state index in [1.54, 1.807) is 0 Å².